The number of methoxy groups -OCH3 is 1. The molecule has 3 N–H and O–H groups in total. The summed E-state index contributed by atoms with van der Waals surface area (Å²) in [7, 11) is 1.72. The summed E-state index contributed by atoms with van der Waals surface area (Å²) in [6.45, 7) is 4.18. The van der Waals surface area contributed by atoms with Crippen LogP contribution in [0.4, 0.5) is 0 Å². The third-order valence-corrected chi connectivity index (χ3v) is 3.86. The molecule has 3 nitrogen and oxygen atoms in total. The molecule has 0 bridgehead atoms. The Morgan fingerprint density at radius 2 is 1.94 bits per heavy atom. The van der Waals surface area contributed by atoms with Crippen LogP contribution in [0.1, 0.15) is 38.3 Å². The summed E-state index contributed by atoms with van der Waals surface area (Å²) in [5, 5.41) is 0.707. The van der Waals surface area contributed by atoms with Crippen LogP contribution in [0, 0.1) is 0 Å². The standard InChI is InChI=1S/C13H21ClN2O/c1-4-13(5-2,17-3)12(16-15)10-8-6-7-9-11(10)14/h6-9,12,16H,4-5,15H2,1-3H3. The van der Waals surface area contributed by atoms with E-state index in [1.807, 2.05) is 24.3 Å². The number of rotatable bonds is 6. The van der Waals surface area contributed by atoms with Gasteiger partial charge in [0.1, 0.15) is 0 Å². The van der Waals surface area contributed by atoms with E-state index in [-0.39, 0.29) is 11.6 Å². The molecule has 0 aliphatic heterocycles. The van der Waals surface area contributed by atoms with Crippen molar-refractivity contribution in [3.05, 3.63) is 34.9 Å². The fourth-order valence-electron chi connectivity index (χ4n) is 2.30. The van der Waals surface area contributed by atoms with Crippen molar-refractivity contribution in [1.29, 1.82) is 0 Å². The zero-order chi connectivity index (χ0) is 12.9. The van der Waals surface area contributed by atoms with E-state index in [9.17, 15) is 0 Å². The number of hydrogen-bond acceptors (Lipinski definition) is 3. The van der Waals surface area contributed by atoms with E-state index in [0.29, 0.717) is 5.02 Å². The first-order valence-corrected chi connectivity index (χ1v) is 6.28. The van der Waals surface area contributed by atoms with E-state index in [0.717, 1.165) is 18.4 Å². The fraction of sp³-hybridized carbons (Fsp3) is 0.538. The van der Waals surface area contributed by atoms with Gasteiger partial charge in [0.15, 0.2) is 0 Å². The lowest BCUT2D eigenvalue weighted by molar-refractivity contribution is -0.0486. The Balaban J connectivity index is 3.18. The van der Waals surface area contributed by atoms with Crippen molar-refractivity contribution >= 4 is 11.6 Å². The zero-order valence-corrected chi connectivity index (χ0v) is 11.4. The predicted octanol–water partition coefficient (Wildman–Crippen LogP) is 3.05. The molecule has 0 aliphatic carbocycles. The van der Waals surface area contributed by atoms with Gasteiger partial charge in [0, 0.05) is 12.1 Å². The Hall–Kier alpha value is -0.610. The normalized spacial score (nSPS) is 13.7. The topological polar surface area (TPSA) is 47.3 Å². The number of hydrazine groups is 1. The van der Waals surface area contributed by atoms with Gasteiger partial charge in [-0.2, -0.15) is 0 Å². The van der Waals surface area contributed by atoms with Gasteiger partial charge in [-0.05, 0) is 24.5 Å². The van der Waals surface area contributed by atoms with Crippen molar-refractivity contribution < 1.29 is 4.74 Å². The van der Waals surface area contributed by atoms with Gasteiger partial charge < -0.3 is 4.74 Å². The molecular weight excluding hydrogens is 236 g/mol. The molecule has 1 aromatic carbocycles. The first-order valence-electron chi connectivity index (χ1n) is 5.90. The molecule has 1 unspecified atom stereocenters. The van der Waals surface area contributed by atoms with Crippen LogP contribution in [0.25, 0.3) is 0 Å². The molecule has 1 atom stereocenters. The Morgan fingerprint density at radius 1 is 1.35 bits per heavy atom. The molecule has 0 radical (unpaired) electrons. The summed E-state index contributed by atoms with van der Waals surface area (Å²) in [5.74, 6) is 5.70. The second kappa shape index (κ2) is 6.36. The highest BCUT2D eigenvalue weighted by Gasteiger charge is 2.37. The van der Waals surface area contributed by atoms with Gasteiger partial charge in [0.25, 0.3) is 0 Å². The smallest absolute Gasteiger partial charge is 0.0880 e. The van der Waals surface area contributed by atoms with E-state index in [1.54, 1.807) is 7.11 Å². The van der Waals surface area contributed by atoms with Crippen molar-refractivity contribution in [2.45, 2.75) is 38.3 Å². The van der Waals surface area contributed by atoms with E-state index in [1.165, 1.54) is 0 Å². The van der Waals surface area contributed by atoms with Crippen LogP contribution in [0.15, 0.2) is 24.3 Å². The molecule has 4 heteroatoms. The minimum absolute atomic E-state index is 0.115. The van der Waals surface area contributed by atoms with Crippen LogP contribution in [0.2, 0.25) is 5.02 Å². The minimum atomic E-state index is -0.334. The molecule has 0 saturated heterocycles. The summed E-state index contributed by atoms with van der Waals surface area (Å²) in [6.07, 6.45) is 1.72. The van der Waals surface area contributed by atoms with Gasteiger partial charge in [-0.15, -0.1) is 0 Å². The third kappa shape index (κ3) is 2.80. The molecule has 0 saturated carbocycles. The number of hydrogen-bond donors (Lipinski definition) is 2. The maximum Gasteiger partial charge on any atom is 0.0880 e. The van der Waals surface area contributed by atoms with Crippen LogP contribution >= 0.6 is 11.6 Å². The van der Waals surface area contributed by atoms with Gasteiger partial charge in [-0.3, -0.25) is 11.3 Å². The monoisotopic (exact) mass is 256 g/mol. The quantitative estimate of drug-likeness (QED) is 0.608. The molecular formula is C13H21ClN2O. The molecule has 96 valence electrons. The molecule has 0 amide bonds. The fourth-order valence-corrected chi connectivity index (χ4v) is 2.54. The molecule has 0 aromatic heterocycles. The first-order chi connectivity index (χ1) is 8.15. The van der Waals surface area contributed by atoms with Crippen LogP contribution in [-0.4, -0.2) is 12.7 Å². The van der Waals surface area contributed by atoms with Crippen LogP contribution in [-0.2, 0) is 4.74 Å². The van der Waals surface area contributed by atoms with Crippen molar-refractivity contribution in [2.75, 3.05) is 7.11 Å². The summed E-state index contributed by atoms with van der Waals surface area (Å²) in [6, 6.07) is 7.60. The summed E-state index contributed by atoms with van der Waals surface area (Å²) >= 11 is 6.22. The summed E-state index contributed by atoms with van der Waals surface area (Å²) in [4.78, 5) is 0. The average molecular weight is 257 g/mol. The highest BCUT2D eigenvalue weighted by Crippen LogP contribution is 2.37. The Kier molecular flexibility index (Phi) is 5.40. The second-order valence-corrected chi connectivity index (χ2v) is 4.50. The minimum Gasteiger partial charge on any atom is -0.376 e. The first kappa shape index (κ1) is 14.5. The van der Waals surface area contributed by atoms with Crippen LogP contribution < -0.4 is 11.3 Å². The van der Waals surface area contributed by atoms with Gasteiger partial charge in [-0.1, -0.05) is 43.6 Å². The lowest BCUT2D eigenvalue weighted by Gasteiger charge is -2.38. The molecule has 0 heterocycles. The number of ether oxygens (including phenoxy) is 1. The largest absolute Gasteiger partial charge is 0.376 e. The maximum atomic E-state index is 6.22. The molecule has 1 aromatic rings. The molecule has 0 spiro atoms. The zero-order valence-electron chi connectivity index (χ0n) is 10.7. The number of nitrogens with two attached hydrogens (primary N) is 1. The number of halogens is 1. The summed E-state index contributed by atoms with van der Waals surface area (Å²) < 4.78 is 5.70. The number of nitrogens with one attached hydrogen (secondary N) is 1. The highest BCUT2D eigenvalue weighted by atomic mass is 35.5. The second-order valence-electron chi connectivity index (χ2n) is 4.10. The Bertz CT molecular complexity index is 345. The van der Waals surface area contributed by atoms with Crippen molar-refractivity contribution in [1.82, 2.24) is 5.43 Å². The van der Waals surface area contributed by atoms with E-state index < -0.39 is 0 Å². The van der Waals surface area contributed by atoms with Crippen LogP contribution in [0.5, 0.6) is 0 Å². The molecule has 0 fully saturated rings. The van der Waals surface area contributed by atoms with Gasteiger partial charge in [0.2, 0.25) is 0 Å². The molecule has 0 aliphatic rings. The predicted molar refractivity (Wildman–Crippen MR) is 71.8 cm³/mol. The van der Waals surface area contributed by atoms with Crippen molar-refractivity contribution in [3.8, 4) is 0 Å². The maximum absolute atomic E-state index is 6.22. The lowest BCUT2D eigenvalue weighted by Crippen LogP contribution is -2.47. The lowest BCUT2D eigenvalue weighted by atomic mass is 9.84. The van der Waals surface area contributed by atoms with Gasteiger partial charge in [-0.25, -0.2) is 0 Å². The third-order valence-electron chi connectivity index (χ3n) is 3.51. The van der Waals surface area contributed by atoms with E-state index in [4.69, 9.17) is 22.2 Å². The Labute approximate surface area is 108 Å². The Morgan fingerprint density at radius 3 is 2.35 bits per heavy atom. The van der Waals surface area contributed by atoms with Crippen LogP contribution in [0.3, 0.4) is 0 Å². The summed E-state index contributed by atoms with van der Waals surface area (Å²) in [5.41, 5.74) is 3.48. The highest BCUT2D eigenvalue weighted by molar-refractivity contribution is 6.31. The molecule has 17 heavy (non-hydrogen) atoms. The van der Waals surface area contributed by atoms with Crippen molar-refractivity contribution in [3.63, 3.8) is 0 Å². The van der Waals surface area contributed by atoms with Gasteiger partial charge >= 0.3 is 0 Å². The SMILES string of the molecule is CCC(CC)(OC)C(NN)c1ccccc1Cl. The van der Waals surface area contributed by atoms with Gasteiger partial charge in [0.05, 0.1) is 11.6 Å². The van der Waals surface area contributed by atoms with E-state index >= 15 is 0 Å². The van der Waals surface area contributed by atoms with Crippen molar-refractivity contribution in [2.24, 2.45) is 5.84 Å². The van der Waals surface area contributed by atoms with E-state index in [2.05, 4.69) is 19.3 Å². The molecule has 1 rings (SSSR count). The average Bonchev–Trinajstić information content (AvgIpc) is 2.38. The number of benzene rings is 1.